The summed E-state index contributed by atoms with van der Waals surface area (Å²) in [6.07, 6.45) is 4.91. The minimum atomic E-state index is 0.114. The van der Waals surface area contributed by atoms with Crippen LogP contribution in [0.1, 0.15) is 38.2 Å². The van der Waals surface area contributed by atoms with Crippen LogP contribution in [0, 0.1) is 11.8 Å². The largest absolute Gasteiger partial charge is 0.309 e. The van der Waals surface area contributed by atoms with E-state index in [-0.39, 0.29) is 5.41 Å². The zero-order chi connectivity index (χ0) is 40.4. The summed E-state index contributed by atoms with van der Waals surface area (Å²) in [5.41, 5.74) is 14.3. The van der Waals surface area contributed by atoms with Gasteiger partial charge in [0, 0.05) is 42.9 Å². The lowest BCUT2D eigenvalue weighted by molar-refractivity contribution is 0.293. The van der Waals surface area contributed by atoms with Gasteiger partial charge in [0.25, 0.3) is 0 Å². The predicted molar refractivity (Wildman–Crippen MR) is 256 cm³/mol. The SMILES string of the molecule is C=C1C2CC[C@@H]1CC(C)(c1cccc(-c3nc(-n4c5ccccc5c5cc(-n6c7ccccc7c7cc(-c8ccccc8)ccc76)ccc54)nc4c3sc3ccccc34)c1)C2. The Morgan fingerprint density at radius 3 is 1.95 bits per heavy atom. The zero-order valence-corrected chi connectivity index (χ0v) is 34.8. The second kappa shape index (κ2) is 13.1. The van der Waals surface area contributed by atoms with Gasteiger partial charge >= 0.3 is 0 Å². The van der Waals surface area contributed by atoms with E-state index in [4.69, 9.17) is 9.97 Å². The fourth-order valence-electron chi connectivity index (χ4n) is 11.3. The van der Waals surface area contributed by atoms with Crippen LogP contribution in [0.25, 0.3) is 97.9 Å². The Hall–Kier alpha value is -6.82. The van der Waals surface area contributed by atoms with Gasteiger partial charge in [-0.15, -0.1) is 11.3 Å². The Bertz CT molecular complexity index is 3590. The third kappa shape index (κ3) is 5.23. The average molecular weight is 803 g/mol. The number of hydrogen-bond donors (Lipinski definition) is 0. The summed E-state index contributed by atoms with van der Waals surface area (Å²) >= 11 is 1.80. The van der Waals surface area contributed by atoms with E-state index in [0.717, 1.165) is 38.2 Å². The molecule has 0 radical (unpaired) electrons. The topological polar surface area (TPSA) is 35.6 Å². The highest BCUT2D eigenvalue weighted by atomic mass is 32.1. The Morgan fingerprint density at radius 1 is 0.541 bits per heavy atom. The molecule has 2 saturated carbocycles. The van der Waals surface area contributed by atoms with Crippen LogP contribution in [0.4, 0.5) is 0 Å². The summed E-state index contributed by atoms with van der Waals surface area (Å²) < 4.78 is 7.07. The number of nitrogens with zero attached hydrogens (tertiary/aromatic N) is 4. The molecule has 5 heteroatoms. The molecule has 4 nitrogen and oxygen atoms in total. The summed E-state index contributed by atoms with van der Waals surface area (Å²) in [6, 6.07) is 59.9. The van der Waals surface area contributed by atoms with Gasteiger partial charge in [0.2, 0.25) is 5.95 Å². The lowest BCUT2D eigenvalue weighted by atomic mass is 9.65. The van der Waals surface area contributed by atoms with Crippen LogP contribution in [0.2, 0.25) is 0 Å². The normalized spacial score (nSPS) is 19.1. The van der Waals surface area contributed by atoms with E-state index >= 15 is 0 Å². The Kier molecular flexibility index (Phi) is 7.51. The second-order valence-corrected chi connectivity index (χ2v) is 18.8. The molecule has 0 spiro atoms. The fraction of sp³-hybridized carbons (Fsp3) is 0.143. The van der Waals surface area contributed by atoms with E-state index in [9.17, 15) is 0 Å². The number of fused-ring (bicyclic) bond motifs is 11. The van der Waals surface area contributed by atoms with Crippen molar-refractivity contribution in [2.45, 2.75) is 38.0 Å². The molecular weight excluding hydrogens is 761 g/mol. The number of hydrogen-bond acceptors (Lipinski definition) is 3. The molecule has 13 rings (SSSR count). The van der Waals surface area contributed by atoms with Crippen molar-refractivity contribution in [2.24, 2.45) is 11.8 Å². The smallest absolute Gasteiger partial charge is 0.235 e. The minimum Gasteiger partial charge on any atom is -0.309 e. The maximum absolute atomic E-state index is 5.60. The molecule has 0 aliphatic heterocycles. The number of thiophene rings is 1. The van der Waals surface area contributed by atoms with Crippen molar-refractivity contribution in [2.75, 3.05) is 0 Å². The van der Waals surface area contributed by atoms with Crippen molar-refractivity contribution in [3.8, 4) is 34.0 Å². The van der Waals surface area contributed by atoms with E-state index in [1.54, 1.807) is 11.3 Å². The second-order valence-electron chi connectivity index (χ2n) is 17.7. The minimum absolute atomic E-state index is 0.114. The maximum Gasteiger partial charge on any atom is 0.235 e. The zero-order valence-electron chi connectivity index (χ0n) is 34.0. The van der Waals surface area contributed by atoms with Gasteiger partial charge in [0.1, 0.15) is 0 Å². The van der Waals surface area contributed by atoms with E-state index in [1.807, 2.05) is 0 Å². The van der Waals surface area contributed by atoms with Gasteiger partial charge in [0.05, 0.1) is 38.0 Å². The maximum atomic E-state index is 5.60. The molecule has 2 unspecified atom stereocenters. The molecule has 2 bridgehead atoms. The standard InChI is InChI=1S/C56H42N4S/c1-34-38-23-24-39(34)33-56(2,32-38)40-16-12-15-37(29-40)52-54-53(44-19-8-11-22-51(44)61-54)58-55(57-52)60-48-21-10-7-18-43(48)46-31-41(26-28-50(46)60)59-47-20-9-6-17-42(47)45-30-36(25-27-49(45)59)35-13-4-3-5-14-35/h3-22,25-31,38-39H,1,23-24,32-33H2,2H3/t38-,39?,56?/m1/s1. The number of aromatic nitrogens is 4. The highest BCUT2D eigenvalue weighted by Crippen LogP contribution is 2.54. The predicted octanol–water partition coefficient (Wildman–Crippen LogP) is 15.0. The van der Waals surface area contributed by atoms with Crippen LogP contribution in [-0.2, 0) is 5.41 Å². The van der Waals surface area contributed by atoms with Gasteiger partial charge in [-0.05, 0) is 114 Å². The number of para-hydroxylation sites is 2. The number of allylic oxidation sites excluding steroid dienone is 1. The molecule has 4 heterocycles. The molecule has 292 valence electrons. The van der Waals surface area contributed by atoms with Crippen molar-refractivity contribution in [1.82, 2.24) is 19.1 Å². The quantitative estimate of drug-likeness (QED) is 0.163. The van der Waals surface area contributed by atoms with E-state index in [0.29, 0.717) is 17.8 Å². The lowest BCUT2D eigenvalue weighted by Crippen LogP contribution is -2.31. The molecule has 61 heavy (non-hydrogen) atoms. The van der Waals surface area contributed by atoms with E-state index in [1.165, 1.54) is 90.6 Å². The third-order valence-electron chi connectivity index (χ3n) is 14.2. The fourth-order valence-corrected chi connectivity index (χ4v) is 12.4. The molecule has 11 aromatic rings. The van der Waals surface area contributed by atoms with Crippen LogP contribution in [-0.4, -0.2) is 19.1 Å². The number of rotatable bonds is 5. The Balaban J connectivity index is 1.01. The Morgan fingerprint density at radius 2 is 1.16 bits per heavy atom. The van der Waals surface area contributed by atoms with Crippen LogP contribution in [0.5, 0.6) is 0 Å². The van der Waals surface area contributed by atoms with Crippen molar-refractivity contribution >= 4 is 75.3 Å². The highest BCUT2D eigenvalue weighted by molar-refractivity contribution is 7.26. The summed E-state index contributed by atoms with van der Waals surface area (Å²) in [5.74, 6) is 1.95. The molecule has 7 aromatic carbocycles. The first-order valence-corrected chi connectivity index (χ1v) is 22.4. The highest BCUT2D eigenvalue weighted by Gasteiger charge is 2.44. The van der Waals surface area contributed by atoms with Crippen LogP contribution >= 0.6 is 11.3 Å². The molecular formula is C56H42N4S. The number of benzene rings is 7. The van der Waals surface area contributed by atoms with Crippen LogP contribution in [0.15, 0.2) is 176 Å². The van der Waals surface area contributed by atoms with Gasteiger partial charge in [-0.25, -0.2) is 9.97 Å². The monoisotopic (exact) mass is 802 g/mol. The van der Waals surface area contributed by atoms with Crippen molar-refractivity contribution < 1.29 is 0 Å². The van der Waals surface area contributed by atoms with E-state index in [2.05, 4.69) is 186 Å². The first kappa shape index (κ1) is 35.0. The molecule has 0 saturated heterocycles. The summed E-state index contributed by atoms with van der Waals surface area (Å²) in [6.45, 7) is 7.01. The molecule has 0 amide bonds. The molecule has 2 aliphatic rings. The molecule has 3 atom stereocenters. The van der Waals surface area contributed by atoms with Crippen molar-refractivity contribution in [3.63, 3.8) is 0 Å². The summed E-state index contributed by atoms with van der Waals surface area (Å²) in [4.78, 5) is 11.1. The summed E-state index contributed by atoms with van der Waals surface area (Å²) in [5, 5.41) is 6.01. The first-order valence-electron chi connectivity index (χ1n) is 21.6. The molecule has 2 fully saturated rings. The Labute approximate surface area is 358 Å². The van der Waals surface area contributed by atoms with Gasteiger partial charge in [-0.1, -0.05) is 128 Å². The van der Waals surface area contributed by atoms with Gasteiger partial charge in [-0.2, -0.15) is 0 Å². The van der Waals surface area contributed by atoms with Gasteiger partial charge in [0.15, 0.2) is 0 Å². The van der Waals surface area contributed by atoms with E-state index < -0.39 is 0 Å². The van der Waals surface area contributed by atoms with Crippen molar-refractivity contribution in [3.05, 3.63) is 182 Å². The average Bonchev–Trinajstić information content (AvgIpc) is 4.01. The molecule has 4 aromatic heterocycles. The van der Waals surface area contributed by atoms with Crippen LogP contribution in [0.3, 0.4) is 0 Å². The van der Waals surface area contributed by atoms with Crippen molar-refractivity contribution in [1.29, 1.82) is 0 Å². The van der Waals surface area contributed by atoms with Gasteiger partial charge < -0.3 is 4.57 Å². The lowest BCUT2D eigenvalue weighted by Gasteiger charge is -2.40. The third-order valence-corrected chi connectivity index (χ3v) is 15.4. The van der Waals surface area contributed by atoms with Crippen LogP contribution < -0.4 is 0 Å². The molecule has 2 aliphatic carbocycles. The van der Waals surface area contributed by atoms with Gasteiger partial charge in [-0.3, -0.25) is 4.57 Å². The molecule has 0 N–H and O–H groups in total. The summed E-state index contributed by atoms with van der Waals surface area (Å²) in [7, 11) is 0. The first-order chi connectivity index (χ1) is 30.0.